The summed E-state index contributed by atoms with van der Waals surface area (Å²) in [6, 6.07) is 0. The molecule has 4 heterocycles. The van der Waals surface area contributed by atoms with Crippen LogP contribution < -0.4 is 0 Å². The van der Waals surface area contributed by atoms with E-state index in [0.717, 1.165) is 38.3 Å². The molecule has 2 fully saturated rings. The first kappa shape index (κ1) is 17.1. The van der Waals surface area contributed by atoms with Crippen LogP contribution in [-0.2, 0) is 18.3 Å². The molecule has 0 aromatic carbocycles. The molecule has 0 bridgehead atoms. The first-order chi connectivity index (χ1) is 12.7. The summed E-state index contributed by atoms with van der Waals surface area (Å²) < 4.78 is 8.21. The van der Waals surface area contributed by atoms with Crippen LogP contribution in [-0.4, -0.2) is 73.6 Å². The molecule has 0 radical (unpaired) electrons. The van der Waals surface area contributed by atoms with Gasteiger partial charge < -0.3 is 14.2 Å². The normalized spacial score (nSPS) is 20.4. The number of imidazole rings is 1. The van der Waals surface area contributed by atoms with E-state index in [0.29, 0.717) is 25.4 Å². The Balaban J connectivity index is 1.37. The number of nitrogens with zero attached hydrogens (tertiary/aromatic N) is 6. The van der Waals surface area contributed by atoms with E-state index in [-0.39, 0.29) is 11.5 Å². The summed E-state index contributed by atoms with van der Waals surface area (Å²) in [5, 5.41) is 0. The summed E-state index contributed by atoms with van der Waals surface area (Å²) >= 11 is 0. The van der Waals surface area contributed by atoms with E-state index in [2.05, 4.69) is 24.4 Å². The third kappa shape index (κ3) is 3.47. The summed E-state index contributed by atoms with van der Waals surface area (Å²) in [6.07, 6.45) is 10.3. The Morgan fingerprint density at radius 2 is 2.04 bits per heavy atom. The topological polar surface area (TPSA) is 76.4 Å². The highest BCUT2D eigenvalue weighted by atomic mass is 16.5. The molecular formula is C18H24N6O2. The molecule has 1 spiro atoms. The highest BCUT2D eigenvalue weighted by molar-refractivity contribution is 5.92. The van der Waals surface area contributed by atoms with Gasteiger partial charge in [-0.05, 0) is 12.8 Å². The number of rotatable bonds is 3. The fraction of sp³-hybridized carbons (Fsp3) is 0.556. The zero-order valence-corrected chi connectivity index (χ0v) is 15.0. The van der Waals surface area contributed by atoms with Gasteiger partial charge in [0.1, 0.15) is 11.5 Å². The Bertz CT molecular complexity index is 754. The Kier molecular flexibility index (Phi) is 4.69. The van der Waals surface area contributed by atoms with Crippen LogP contribution in [0, 0.1) is 0 Å². The SMILES string of the molecule is Cn1ccnc1CN1CCC2(CC1)CN(C(=O)c1cnccn1)CCO2. The third-order valence-electron chi connectivity index (χ3n) is 5.37. The number of hydrogen-bond donors (Lipinski definition) is 0. The van der Waals surface area contributed by atoms with Crippen molar-refractivity contribution in [1.82, 2.24) is 29.3 Å². The second-order valence-electron chi connectivity index (χ2n) is 7.08. The van der Waals surface area contributed by atoms with Crippen molar-refractivity contribution < 1.29 is 9.53 Å². The maximum Gasteiger partial charge on any atom is 0.274 e. The molecule has 26 heavy (non-hydrogen) atoms. The Labute approximate surface area is 152 Å². The minimum atomic E-state index is -0.242. The average molecular weight is 356 g/mol. The predicted molar refractivity (Wildman–Crippen MR) is 94.3 cm³/mol. The van der Waals surface area contributed by atoms with E-state index < -0.39 is 0 Å². The summed E-state index contributed by atoms with van der Waals surface area (Å²) in [5.41, 5.74) is 0.158. The van der Waals surface area contributed by atoms with Crippen molar-refractivity contribution in [2.24, 2.45) is 7.05 Å². The van der Waals surface area contributed by atoms with Crippen LogP contribution in [0.2, 0.25) is 0 Å². The Morgan fingerprint density at radius 1 is 1.19 bits per heavy atom. The molecule has 1 amide bonds. The standard InChI is InChI=1S/C18H24N6O2/c1-22-9-6-21-16(22)13-23-7-2-18(3-8-23)14-24(10-11-26-18)17(25)15-12-19-4-5-20-15/h4-6,9,12H,2-3,7-8,10-11,13-14H2,1H3. The van der Waals surface area contributed by atoms with Crippen molar-refractivity contribution in [3.05, 3.63) is 42.5 Å². The molecule has 8 nitrogen and oxygen atoms in total. The van der Waals surface area contributed by atoms with Gasteiger partial charge in [-0.25, -0.2) is 9.97 Å². The third-order valence-corrected chi connectivity index (χ3v) is 5.37. The molecule has 0 unspecified atom stereocenters. The van der Waals surface area contributed by atoms with Gasteiger partial charge in [0.15, 0.2) is 0 Å². The lowest BCUT2D eigenvalue weighted by Gasteiger charge is -2.47. The first-order valence-corrected chi connectivity index (χ1v) is 9.03. The van der Waals surface area contributed by atoms with Crippen LogP contribution in [0.25, 0.3) is 0 Å². The van der Waals surface area contributed by atoms with Gasteiger partial charge in [0.25, 0.3) is 5.91 Å². The van der Waals surface area contributed by atoms with Crippen molar-refractivity contribution >= 4 is 5.91 Å². The van der Waals surface area contributed by atoms with E-state index in [4.69, 9.17) is 4.74 Å². The van der Waals surface area contributed by atoms with E-state index in [1.165, 1.54) is 6.20 Å². The lowest BCUT2D eigenvalue weighted by Crippen LogP contribution is -2.58. The van der Waals surface area contributed by atoms with Crippen molar-refractivity contribution in [2.75, 3.05) is 32.8 Å². The summed E-state index contributed by atoms with van der Waals surface area (Å²) in [4.78, 5) is 29.5. The van der Waals surface area contributed by atoms with E-state index in [9.17, 15) is 4.79 Å². The maximum atomic E-state index is 12.7. The minimum Gasteiger partial charge on any atom is -0.371 e. The average Bonchev–Trinajstić information content (AvgIpc) is 3.09. The molecule has 0 aliphatic carbocycles. The van der Waals surface area contributed by atoms with Gasteiger partial charge in [-0.15, -0.1) is 0 Å². The predicted octanol–water partition coefficient (Wildman–Crippen LogP) is 0.717. The Morgan fingerprint density at radius 3 is 2.73 bits per heavy atom. The number of morpholine rings is 1. The molecule has 0 N–H and O–H groups in total. The number of ether oxygens (including phenoxy) is 1. The number of carbonyl (C=O) groups is 1. The van der Waals surface area contributed by atoms with E-state index in [1.54, 1.807) is 12.4 Å². The van der Waals surface area contributed by atoms with Crippen molar-refractivity contribution in [3.63, 3.8) is 0 Å². The minimum absolute atomic E-state index is 0.0591. The van der Waals surface area contributed by atoms with Crippen LogP contribution in [0.5, 0.6) is 0 Å². The molecule has 2 aromatic rings. The maximum absolute atomic E-state index is 12.7. The number of carbonyl (C=O) groups excluding carboxylic acids is 1. The van der Waals surface area contributed by atoms with E-state index >= 15 is 0 Å². The number of likely N-dealkylation sites (tertiary alicyclic amines) is 1. The van der Waals surface area contributed by atoms with Gasteiger partial charge >= 0.3 is 0 Å². The van der Waals surface area contributed by atoms with Gasteiger partial charge in [-0.2, -0.15) is 0 Å². The number of aromatic nitrogens is 4. The Hall–Kier alpha value is -2.32. The molecule has 2 aliphatic rings. The van der Waals surface area contributed by atoms with Gasteiger partial charge in [0.2, 0.25) is 0 Å². The van der Waals surface area contributed by atoms with Gasteiger partial charge in [-0.1, -0.05) is 0 Å². The number of amides is 1. The number of piperidine rings is 1. The number of hydrogen-bond acceptors (Lipinski definition) is 6. The molecule has 8 heteroatoms. The quantitative estimate of drug-likeness (QED) is 0.806. The lowest BCUT2D eigenvalue weighted by molar-refractivity contribution is -0.128. The summed E-state index contributed by atoms with van der Waals surface area (Å²) in [7, 11) is 2.02. The highest BCUT2D eigenvalue weighted by Crippen LogP contribution is 2.31. The zero-order valence-electron chi connectivity index (χ0n) is 15.0. The molecule has 2 saturated heterocycles. The summed E-state index contributed by atoms with van der Waals surface area (Å²) in [5.74, 6) is 1.01. The molecule has 2 aliphatic heterocycles. The molecule has 0 atom stereocenters. The van der Waals surface area contributed by atoms with Crippen LogP contribution in [0.3, 0.4) is 0 Å². The van der Waals surface area contributed by atoms with Crippen molar-refractivity contribution in [2.45, 2.75) is 25.0 Å². The molecule has 0 saturated carbocycles. The molecule has 4 rings (SSSR count). The van der Waals surface area contributed by atoms with Crippen molar-refractivity contribution in [1.29, 1.82) is 0 Å². The fourth-order valence-corrected chi connectivity index (χ4v) is 3.76. The van der Waals surface area contributed by atoms with Gasteiger partial charge in [-0.3, -0.25) is 14.7 Å². The van der Waals surface area contributed by atoms with Crippen LogP contribution >= 0.6 is 0 Å². The smallest absolute Gasteiger partial charge is 0.274 e. The molecule has 138 valence electrons. The van der Waals surface area contributed by atoms with Gasteiger partial charge in [0.05, 0.1) is 31.5 Å². The second-order valence-corrected chi connectivity index (χ2v) is 7.08. The van der Waals surface area contributed by atoms with Crippen LogP contribution in [0.4, 0.5) is 0 Å². The summed E-state index contributed by atoms with van der Waals surface area (Å²) in [6.45, 7) is 4.54. The lowest BCUT2D eigenvalue weighted by atomic mass is 9.89. The largest absolute Gasteiger partial charge is 0.371 e. The van der Waals surface area contributed by atoms with Crippen LogP contribution in [0.1, 0.15) is 29.2 Å². The number of aryl methyl sites for hydroxylation is 1. The molecular weight excluding hydrogens is 332 g/mol. The molecule has 2 aromatic heterocycles. The van der Waals surface area contributed by atoms with Crippen LogP contribution in [0.15, 0.2) is 31.0 Å². The highest BCUT2D eigenvalue weighted by Gasteiger charge is 2.41. The van der Waals surface area contributed by atoms with Crippen molar-refractivity contribution in [3.8, 4) is 0 Å². The zero-order chi connectivity index (χ0) is 18.0. The fourth-order valence-electron chi connectivity index (χ4n) is 3.76. The van der Waals surface area contributed by atoms with Gasteiger partial charge in [0, 0.05) is 51.5 Å². The monoisotopic (exact) mass is 356 g/mol. The second kappa shape index (κ2) is 7.13. The first-order valence-electron chi connectivity index (χ1n) is 9.03. The van der Waals surface area contributed by atoms with E-state index in [1.807, 2.05) is 24.3 Å².